The van der Waals surface area contributed by atoms with Crippen molar-refractivity contribution in [2.45, 2.75) is 45.3 Å². The van der Waals surface area contributed by atoms with Crippen LogP contribution >= 0.6 is 0 Å². The zero-order chi connectivity index (χ0) is 14.0. The lowest BCUT2D eigenvalue weighted by Gasteiger charge is -2.36. The Morgan fingerprint density at radius 3 is 2.84 bits per heavy atom. The third kappa shape index (κ3) is 3.26. The van der Waals surface area contributed by atoms with Crippen molar-refractivity contribution in [2.24, 2.45) is 0 Å². The second-order valence-electron chi connectivity index (χ2n) is 5.73. The zero-order valence-corrected chi connectivity index (χ0v) is 11.7. The first-order valence-corrected chi connectivity index (χ1v) is 6.62. The minimum absolute atomic E-state index is 0.117. The highest BCUT2D eigenvalue weighted by Gasteiger charge is 2.29. The van der Waals surface area contributed by atoms with Crippen molar-refractivity contribution < 1.29 is 14.6 Å². The number of anilines is 1. The number of aromatic carboxylic acids is 1. The van der Waals surface area contributed by atoms with Crippen LogP contribution in [0.15, 0.2) is 18.2 Å². The predicted molar refractivity (Wildman–Crippen MR) is 74.8 cm³/mol. The molecule has 4 nitrogen and oxygen atoms in total. The summed E-state index contributed by atoms with van der Waals surface area (Å²) in [6.45, 7) is 6.75. The molecule has 0 radical (unpaired) electrons. The fourth-order valence-corrected chi connectivity index (χ4v) is 2.60. The number of nitrogens with one attached hydrogen (secondary N) is 1. The van der Waals surface area contributed by atoms with E-state index in [0.717, 1.165) is 30.7 Å². The molecule has 0 amide bonds. The van der Waals surface area contributed by atoms with Crippen molar-refractivity contribution in [2.75, 3.05) is 11.9 Å². The van der Waals surface area contributed by atoms with Crippen molar-refractivity contribution >= 4 is 11.7 Å². The standard InChI is InChI=1S/C15H21NO3/c1-10-12(14(17)18)5-4-6-13(10)16-11-7-8-19-15(2,3)9-11/h4-6,11,16H,7-9H2,1-3H3,(H,17,18). The van der Waals surface area contributed by atoms with E-state index in [2.05, 4.69) is 19.2 Å². The molecular weight excluding hydrogens is 242 g/mol. The molecule has 2 rings (SSSR count). The third-order valence-corrected chi connectivity index (χ3v) is 3.62. The van der Waals surface area contributed by atoms with Crippen LogP contribution in [-0.4, -0.2) is 29.3 Å². The van der Waals surface area contributed by atoms with Crippen LogP contribution in [0.1, 0.15) is 42.6 Å². The molecule has 104 valence electrons. The van der Waals surface area contributed by atoms with E-state index < -0.39 is 5.97 Å². The highest BCUT2D eigenvalue weighted by molar-refractivity contribution is 5.91. The Hall–Kier alpha value is -1.55. The van der Waals surface area contributed by atoms with Gasteiger partial charge in [-0.15, -0.1) is 0 Å². The summed E-state index contributed by atoms with van der Waals surface area (Å²) in [5, 5.41) is 12.6. The molecule has 1 aromatic carbocycles. The van der Waals surface area contributed by atoms with E-state index in [0.29, 0.717) is 11.6 Å². The number of hydrogen-bond donors (Lipinski definition) is 2. The molecule has 1 aliphatic rings. The van der Waals surface area contributed by atoms with Gasteiger partial charge in [0.05, 0.1) is 11.2 Å². The van der Waals surface area contributed by atoms with Crippen LogP contribution in [0.5, 0.6) is 0 Å². The first kappa shape index (κ1) is 13.9. The van der Waals surface area contributed by atoms with Crippen molar-refractivity contribution in [3.63, 3.8) is 0 Å². The van der Waals surface area contributed by atoms with Gasteiger partial charge in [0.2, 0.25) is 0 Å². The van der Waals surface area contributed by atoms with E-state index in [1.54, 1.807) is 12.1 Å². The largest absolute Gasteiger partial charge is 0.478 e. The van der Waals surface area contributed by atoms with Crippen molar-refractivity contribution in [1.82, 2.24) is 0 Å². The van der Waals surface area contributed by atoms with Gasteiger partial charge in [-0.1, -0.05) is 6.07 Å². The fraction of sp³-hybridized carbons (Fsp3) is 0.533. The second kappa shape index (κ2) is 5.21. The lowest BCUT2D eigenvalue weighted by atomic mass is 9.93. The monoisotopic (exact) mass is 263 g/mol. The Balaban J connectivity index is 2.15. The first-order valence-electron chi connectivity index (χ1n) is 6.62. The number of rotatable bonds is 3. The summed E-state index contributed by atoms with van der Waals surface area (Å²) < 4.78 is 5.69. The maximum absolute atomic E-state index is 11.1. The topological polar surface area (TPSA) is 58.6 Å². The highest BCUT2D eigenvalue weighted by Crippen LogP contribution is 2.28. The minimum atomic E-state index is -0.881. The first-order chi connectivity index (χ1) is 8.89. The maximum atomic E-state index is 11.1. The lowest BCUT2D eigenvalue weighted by Crippen LogP contribution is -2.40. The average Bonchev–Trinajstić information content (AvgIpc) is 2.30. The number of carbonyl (C=O) groups is 1. The molecule has 4 heteroatoms. The Labute approximate surface area is 113 Å². The summed E-state index contributed by atoms with van der Waals surface area (Å²) >= 11 is 0. The molecule has 2 N–H and O–H groups in total. The number of hydrogen-bond acceptors (Lipinski definition) is 3. The molecule has 0 aromatic heterocycles. The Kier molecular flexibility index (Phi) is 3.80. The van der Waals surface area contributed by atoms with Crippen LogP contribution < -0.4 is 5.32 Å². The summed E-state index contributed by atoms with van der Waals surface area (Å²) in [7, 11) is 0. The van der Waals surface area contributed by atoms with Gasteiger partial charge >= 0.3 is 5.97 Å². The van der Waals surface area contributed by atoms with Crippen molar-refractivity contribution in [3.05, 3.63) is 29.3 Å². The smallest absolute Gasteiger partial charge is 0.336 e. The number of benzene rings is 1. The molecule has 0 saturated carbocycles. The van der Waals surface area contributed by atoms with Gasteiger partial charge in [0.1, 0.15) is 0 Å². The molecule has 1 fully saturated rings. The van der Waals surface area contributed by atoms with Crippen molar-refractivity contribution in [3.8, 4) is 0 Å². The van der Waals surface area contributed by atoms with Crippen LogP contribution in [0, 0.1) is 6.92 Å². The SMILES string of the molecule is Cc1c(NC2CCOC(C)(C)C2)cccc1C(=O)O. The van der Waals surface area contributed by atoms with E-state index in [1.807, 2.05) is 13.0 Å². The van der Waals surface area contributed by atoms with Crippen LogP contribution in [0.2, 0.25) is 0 Å². The van der Waals surface area contributed by atoms with Crippen LogP contribution in [0.3, 0.4) is 0 Å². The molecule has 1 saturated heterocycles. The van der Waals surface area contributed by atoms with Gasteiger partial charge in [0, 0.05) is 18.3 Å². The Bertz CT molecular complexity index is 482. The molecule has 0 spiro atoms. The molecular formula is C15H21NO3. The summed E-state index contributed by atoms with van der Waals surface area (Å²) in [5.41, 5.74) is 1.94. The number of carboxylic acid groups (broad SMARTS) is 1. The van der Waals surface area contributed by atoms with Gasteiger partial charge in [0.25, 0.3) is 0 Å². The fourth-order valence-electron chi connectivity index (χ4n) is 2.60. The normalized spacial score (nSPS) is 21.9. The summed E-state index contributed by atoms with van der Waals surface area (Å²) in [6, 6.07) is 5.68. The minimum Gasteiger partial charge on any atom is -0.478 e. The molecule has 0 bridgehead atoms. The molecule has 1 aromatic rings. The van der Waals surface area contributed by atoms with Gasteiger partial charge in [-0.2, -0.15) is 0 Å². The molecule has 1 atom stereocenters. The number of carboxylic acids is 1. The summed E-state index contributed by atoms with van der Waals surface area (Å²) in [5.74, 6) is -0.881. The van der Waals surface area contributed by atoms with Gasteiger partial charge in [-0.05, 0) is 51.3 Å². The van der Waals surface area contributed by atoms with Gasteiger partial charge in [0.15, 0.2) is 0 Å². The van der Waals surface area contributed by atoms with Crippen molar-refractivity contribution in [1.29, 1.82) is 0 Å². The van der Waals surface area contributed by atoms with E-state index in [1.165, 1.54) is 0 Å². The van der Waals surface area contributed by atoms with Crippen LogP contribution in [0.4, 0.5) is 5.69 Å². The van der Waals surface area contributed by atoms with Crippen LogP contribution in [0.25, 0.3) is 0 Å². The average molecular weight is 263 g/mol. The molecule has 1 aliphatic heterocycles. The second-order valence-corrected chi connectivity index (χ2v) is 5.73. The molecule has 19 heavy (non-hydrogen) atoms. The number of ether oxygens (including phenoxy) is 1. The Morgan fingerprint density at radius 2 is 2.21 bits per heavy atom. The summed E-state index contributed by atoms with van der Waals surface area (Å²) in [4.78, 5) is 11.1. The van der Waals surface area contributed by atoms with Gasteiger partial charge in [-0.3, -0.25) is 0 Å². The van der Waals surface area contributed by atoms with E-state index >= 15 is 0 Å². The van der Waals surface area contributed by atoms with Gasteiger partial charge in [-0.25, -0.2) is 4.79 Å². The molecule has 1 unspecified atom stereocenters. The lowest BCUT2D eigenvalue weighted by molar-refractivity contribution is -0.0553. The van der Waals surface area contributed by atoms with E-state index in [9.17, 15) is 4.79 Å². The third-order valence-electron chi connectivity index (χ3n) is 3.62. The zero-order valence-electron chi connectivity index (χ0n) is 11.7. The summed E-state index contributed by atoms with van der Waals surface area (Å²) in [6.07, 6.45) is 1.86. The quantitative estimate of drug-likeness (QED) is 0.880. The molecule has 1 heterocycles. The highest BCUT2D eigenvalue weighted by atomic mass is 16.5. The van der Waals surface area contributed by atoms with Gasteiger partial charge < -0.3 is 15.2 Å². The maximum Gasteiger partial charge on any atom is 0.336 e. The van der Waals surface area contributed by atoms with E-state index in [4.69, 9.17) is 9.84 Å². The van der Waals surface area contributed by atoms with Crippen LogP contribution in [-0.2, 0) is 4.74 Å². The van der Waals surface area contributed by atoms with E-state index in [-0.39, 0.29) is 5.60 Å². The Morgan fingerprint density at radius 1 is 1.47 bits per heavy atom. The predicted octanol–water partition coefficient (Wildman–Crippen LogP) is 3.06. The molecule has 0 aliphatic carbocycles.